The molecule has 1 amide bonds. The molecule has 0 fully saturated rings. The molecule has 2 aromatic rings. The Labute approximate surface area is 145 Å². The van der Waals surface area contributed by atoms with Gasteiger partial charge in [0.2, 0.25) is 15.2 Å². The second-order valence-corrected chi connectivity index (χ2v) is 8.01. The predicted octanol–water partition coefficient (Wildman–Crippen LogP) is 2.35. The van der Waals surface area contributed by atoms with Crippen molar-refractivity contribution in [2.24, 2.45) is 0 Å². The van der Waals surface area contributed by atoms with Crippen LogP contribution in [0.1, 0.15) is 41.2 Å². The topological polar surface area (TPSA) is 101 Å². The third-order valence-corrected chi connectivity index (χ3v) is 5.69. The van der Waals surface area contributed by atoms with Crippen molar-refractivity contribution in [2.45, 2.75) is 38.5 Å². The summed E-state index contributed by atoms with van der Waals surface area (Å²) in [5.74, 6) is -0.403. The average Bonchev–Trinajstić information content (AvgIpc) is 2.95. The monoisotopic (exact) mass is 368 g/mol. The number of aromatic nitrogens is 2. The van der Waals surface area contributed by atoms with Crippen LogP contribution >= 0.6 is 11.3 Å². The first-order valence-corrected chi connectivity index (χ1v) is 9.91. The first-order valence-electron chi connectivity index (χ1n) is 7.61. The van der Waals surface area contributed by atoms with Gasteiger partial charge in [0.25, 0.3) is 5.91 Å². The number of hydrogen-bond donors (Lipinski definition) is 2. The molecule has 24 heavy (non-hydrogen) atoms. The molecule has 0 aliphatic heterocycles. The molecule has 1 aromatic heterocycles. The normalized spacial score (nSPS) is 11.5. The predicted molar refractivity (Wildman–Crippen MR) is 93.9 cm³/mol. The van der Waals surface area contributed by atoms with E-state index in [9.17, 15) is 13.2 Å². The van der Waals surface area contributed by atoms with Crippen molar-refractivity contribution in [2.75, 3.05) is 11.9 Å². The first kappa shape index (κ1) is 18.5. The van der Waals surface area contributed by atoms with Gasteiger partial charge in [0.15, 0.2) is 0 Å². The van der Waals surface area contributed by atoms with Crippen molar-refractivity contribution in [3.05, 3.63) is 34.3 Å². The van der Waals surface area contributed by atoms with E-state index in [1.165, 1.54) is 23.5 Å². The van der Waals surface area contributed by atoms with E-state index >= 15 is 0 Å². The van der Waals surface area contributed by atoms with E-state index in [2.05, 4.69) is 20.2 Å². The third kappa shape index (κ3) is 4.37. The summed E-state index contributed by atoms with van der Waals surface area (Å²) in [6.45, 7) is 5.77. The lowest BCUT2D eigenvalue weighted by molar-refractivity contribution is 0.102. The summed E-state index contributed by atoms with van der Waals surface area (Å²) in [5.41, 5.74) is 0.975. The van der Waals surface area contributed by atoms with Gasteiger partial charge in [-0.25, -0.2) is 13.1 Å². The maximum Gasteiger partial charge on any atom is 0.257 e. The van der Waals surface area contributed by atoms with Crippen LogP contribution in [0.15, 0.2) is 23.1 Å². The van der Waals surface area contributed by atoms with Gasteiger partial charge in [-0.2, -0.15) is 0 Å². The molecule has 2 N–H and O–H groups in total. The SMILES string of the molecule is CCCc1nnc(NC(=O)c2cc(S(=O)(=O)NCC)ccc2C)s1. The lowest BCUT2D eigenvalue weighted by Gasteiger charge is -2.09. The Morgan fingerprint density at radius 2 is 2.00 bits per heavy atom. The van der Waals surface area contributed by atoms with E-state index in [1.54, 1.807) is 19.9 Å². The van der Waals surface area contributed by atoms with Crippen LogP contribution in [0.5, 0.6) is 0 Å². The molecule has 7 nitrogen and oxygen atoms in total. The van der Waals surface area contributed by atoms with Crippen molar-refractivity contribution in [1.29, 1.82) is 0 Å². The zero-order valence-electron chi connectivity index (χ0n) is 13.8. The third-order valence-electron chi connectivity index (χ3n) is 3.25. The minimum absolute atomic E-state index is 0.0593. The number of carbonyl (C=O) groups excluding carboxylic acids is 1. The standard InChI is InChI=1S/C15H20N4O3S2/c1-4-6-13-18-19-15(23-13)17-14(20)12-9-11(8-7-10(12)3)24(21,22)16-5-2/h7-9,16H,4-6H2,1-3H3,(H,17,19,20). The van der Waals surface area contributed by atoms with Gasteiger partial charge >= 0.3 is 0 Å². The molecule has 2 rings (SSSR count). The Morgan fingerprint density at radius 3 is 2.67 bits per heavy atom. The van der Waals surface area contributed by atoms with Crippen LogP contribution in [0, 0.1) is 6.92 Å². The van der Waals surface area contributed by atoms with E-state index < -0.39 is 15.9 Å². The van der Waals surface area contributed by atoms with Crippen LogP contribution < -0.4 is 10.0 Å². The molecule has 9 heteroatoms. The second-order valence-electron chi connectivity index (χ2n) is 5.18. The summed E-state index contributed by atoms with van der Waals surface area (Å²) in [4.78, 5) is 12.5. The Kier molecular flexibility index (Phi) is 6.03. The maximum atomic E-state index is 12.5. The molecular formula is C15H20N4O3S2. The van der Waals surface area contributed by atoms with Gasteiger partial charge < -0.3 is 0 Å². The van der Waals surface area contributed by atoms with Gasteiger partial charge in [0.05, 0.1) is 4.90 Å². The number of anilines is 1. The Morgan fingerprint density at radius 1 is 1.25 bits per heavy atom. The van der Waals surface area contributed by atoms with Crippen LogP contribution in [0.25, 0.3) is 0 Å². The number of hydrogen-bond acceptors (Lipinski definition) is 6. The maximum absolute atomic E-state index is 12.5. The van der Waals surface area contributed by atoms with Gasteiger partial charge in [0, 0.05) is 18.5 Å². The molecule has 1 heterocycles. The number of benzene rings is 1. The number of amides is 1. The number of rotatable bonds is 7. The molecule has 0 aliphatic rings. The zero-order chi connectivity index (χ0) is 17.7. The van der Waals surface area contributed by atoms with Crippen LogP contribution in [0.3, 0.4) is 0 Å². The highest BCUT2D eigenvalue weighted by Crippen LogP contribution is 2.20. The summed E-state index contributed by atoms with van der Waals surface area (Å²) in [6, 6.07) is 4.47. The van der Waals surface area contributed by atoms with Crippen molar-refractivity contribution in [3.8, 4) is 0 Å². The molecule has 0 unspecified atom stereocenters. The molecule has 0 saturated carbocycles. The van der Waals surface area contributed by atoms with E-state index in [1.807, 2.05) is 6.92 Å². The molecular weight excluding hydrogens is 348 g/mol. The Bertz CT molecular complexity index is 831. The molecule has 0 spiro atoms. The second kappa shape index (κ2) is 7.82. The van der Waals surface area contributed by atoms with Gasteiger partial charge in [-0.15, -0.1) is 10.2 Å². The number of sulfonamides is 1. The van der Waals surface area contributed by atoms with Crippen LogP contribution in [0.4, 0.5) is 5.13 Å². The quantitative estimate of drug-likeness (QED) is 0.781. The number of carbonyl (C=O) groups is 1. The Hall–Kier alpha value is -1.84. The van der Waals surface area contributed by atoms with Crippen molar-refractivity contribution < 1.29 is 13.2 Å². The molecule has 0 aliphatic carbocycles. The highest BCUT2D eigenvalue weighted by molar-refractivity contribution is 7.89. The number of nitrogens with zero attached hydrogens (tertiary/aromatic N) is 2. The fraction of sp³-hybridized carbons (Fsp3) is 0.400. The zero-order valence-corrected chi connectivity index (χ0v) is 15.4. The van der Waals surface area contributed by atoms with Crippen LogP contribution in [0.2, 0.25) is 0 Å². The van der Waals surface area contributed by atoms with Crippen molar-refractivity contribution in [1.82, 2.24) is 14.9 Å². The van der Waals surface area contributed by atoms with Crippen molar-refractivity contribution in [3.63, 3.8) is 0 Å². The van der Waals surface area contributed by atoms with Crippen molar-refractivity contribution >= 4 is 32.4 Å². The van der Waals surface area contributed by atoms with Crippen LogP contribution in [-0.2, 0) is 16.4 Å². The summed E-state index contributed by atoms with van der Waals surface area (Å²) in [6.07, 6.45) is 1.76. The summed E-state index contributed by atoms with van der Waals surface area (Å²) in [7, 11) is -3.61. The molecule has 0 atom stereocenters. The van der Waals surface area contributed by atoms with Gasteiger partial charge in [-0.3, -0.25) is 10.1 Å². The van der Waals surface area contributed by atoms with E-state index in [0.717, 1.165) is 17.8 Å². The minimum atomic E-state index is -3.61. The largest absolute Gasteiger partial charge is 0.296 e. The Balaban J connectivity index is 2.25. The molecule has 0 radical (unpaired) electrons. The summed E-state index contributed by atoms with van der Waals surface area (Å²) in [5, 5.41) is 11.9. The lowest BCUT2D eigenvalue weighted by atomic mass is 10.1. The number of nitrogens with one attached hydrogen (secondary N) is 2. The smallest absolute Gasteiger partial charge is 0.257 e. The van der Waals surface area contributed by atoms with E-state index in [4.69, 9.17) is 0 Å². The van der Waals surface area contributed by atoms with E-state index in [0.29, 0.717) is 16.3 Å². The lowest BCUT2D eigenvalue weighted by Crippen LogP contribution is -2.24. The van der Waals surface area contributed by atoms with Gasteiger partial charge in [-0.05, 0) is 31.0 Å². The molecule has 0 bridgehead atoms. The average molecular weight is 368 g/mol. The summed E-state index contributed by atoms with van der Waals surface area (Å²) < 4.78 is 26.6. The minimum Gasteiger partial charge on any atom is -0.296 e. The van der Waals surface area contributed by atoms with Crippen LogP contribution in [-0.4, -0.2) is 31.1 Å². The fourth-order valence-corrected chi connectivity index (χ4v) is 3.97. The van der Waals surface area contributed by atoms with E-state index in [-0.39, 0.29) is 11.4 Å². The highest BCUT2D eigenvalue weighted by Gasteiger charge is 2.18. The first-order chi connectivity index (χ1) is 11.4. The van der Waals surface area contributed by atoms with Gasteiger partial charge in [-0.1, -0.05) is 31.3 Å². The van der Waals surface area contributed by atoms with Gasteiger partial charge in [0.1, 0.15) is 5.01 Å². The highest BCUT2D eigenvalue weighted by atomic mass is 32.2. The molecule has 0 saturated heterocycles. The molecule has 1 aromatic carbocycles. The number of aryl methyl sites for hydroxylation is 2. The summed E-state index contributed by atoms with van der Waals surface area (Å²) >= 11 is 1.32. The fourth-order valence-electron chi connectivity index (χ4n) is 2.07. The molecule has 130 valence electrons.